The van der Waals surface area contributed by atoms with Crippen LogP contribution in [0.4, 0.5) is 0 Å². The molecule has 0 fully saturated rings. The average Bonchev–Trinajstić information content (AvgIpc) is 3.37. The second kappa shape index (κ2) is 12.3. The molecular formula is C22H30IN5O2. The molecule has 0 saturated carbocycles. The quantitative estimate of drug-likeness (QED) is 0.254. The van der Waals surface area contributed by atoms with Gasteiger partial charge in [0.1, 0.15) is 5.76 Å². The van der Waals surface area contributed by atoms with E-state index in [1.807, 2.05) is 37.4 Å². The highest BCUT2D eigenvalue weighted by atomic mass is 127. The van der Waals surface area contributed by atoms with Crippen molar-refractivity contribution in [1.82, 2.24) is 20.4 Å². The number of nitrogens with zero attached hydrogens (tertiary/aromatic N) is 3. The lowest BCUT2D eigenvalue weighted by molar-refractivity contribution is 0.369. The number of rotatable bonds is 9. The molecule has 0 radical (unpaired) electrons. The minimum absolute atomic E-state index is 0. The molecule has 0 aliphatic carbocycles. The maximum atomic E-state index is 5.54. The number of aromatic nitrogens is 2. The second-order valence-corrected chi connectivity index (χ2v) is 6.67. The number of hydrogen-bond donors (Lipinski definition) is 2. The number of halogens is 1. The smallest absolute Gasteiger partial charge is 0.216 e. The number of furan rings is 1. The summed E-state index contributed by atoms with van der Waals surface area (Å²) in [6, 6.07) is 14.1. The van der Waals surface area contributed by atoms with Crippen LogP contribution in [0, 0.1) is 0 Å². The number of ether oxygens (including phenoxy) is 1. The van der Waals surface area contributed by atoms with Crippen LogP contribution in [0.15, 0.2) is 58.1 Å². The van der Waals surface area contributed by atoms with Crippen molar-refractivity contribution in [3.8, 4) is 5.88 Å². The minimum atomic E-state index is 0. The lowest BCUT2D eigenvalue weighted by Crippen LogP contribution is -2.38. The van der Waals surface area contributed by atoms with Gasteiger partial charge in [-0.3, -0.25) is 0 Å². The number of hydrogen-bond acceptors (Lipinski definition) is 4. The van der Waals surface area contributed by atoms with Crippen molar-refractivity contribution in [2.24, 2.45) is 12.0 Å². The zero-order chi connectivity index (χ0) is 20.5. The molecule has 0 amide bonds. The van der Waals surface area contributed by atoms with Crippen LogP contribution in [0.1, 0.15) is 29.5 Å². The van der Waals surface area contributed by atoms with Gasteiger partial charge in [-0.1, -0.05) is 37.3 Å². The van der Waals surface area contributed by atoms with Crippen LogP contribution >= 0.6 is 24.0 Å². The van der Waals surface area contributed by atoms with E-state index in [-0.39, 0.29) is 24.0 Å². The molecule has 8 heteroatoms. The molecular weight excluding hydrogens is 493 g/mol. The second-order valence-electron chi connectivity index (χ2n) is 6.67. The third-order valence-electron chi connectivity index (χ3n) is 4.64. The zero-order valence-electron chi connectivity index (χ0n) is 17.7. The van der Waals surface area contributed by atoms with Gasteiger partial charge in [-0.05, 0) is 24.1 Å². The summed E-state index contributed by atoms with van der Waals surface area (Å²) in [6.45, 7) is 4.00. The average molecular weight is 523 g/mol. The Balaban J connectivity index is 0.00000320. The highest BCUT2D eigenvalue weighted by Crippen LogP contribution is 2.21. The lowest BCUT2D eigenvalue weighted by atomic mass is 10.2. The van der Waals surface area contributed by atoms with Gasteiger partial charge < -0.3 is 19.8 Å². The van der Waals surface area contributed by atoms with E-state index in [4.69, 9.17) is 14.1 Å². The monoisotopic (exact) mass is 523 g/mol. The standard InChI is InChI=1S/C22H29N5O2.HI/c1-4-20-19(21(28-3)27(2)26-20)16-25-22(23-13-12-18-11-8-14-29-18)24-15-17-9-6-5-7-10-17;/h5-11,14H,4,12-13,15-16H2,1-3H3,(H2,23,24,25);1H. The third kappa shape index (κ3) is 6.51. The molecule has 2 heterocycles. The number of aryl methyl sites for hydroxylation is 2. The largest absolute Gasteiger partial charge is 0.481 e. The molecule has 0 atom stereocenters. The van der Waals surface area contributed by atoms with Crippen LogP contribution in [0.5, 0.6) is 5.88 Å². The van der Waals surface area contributed by atoms with Crippen LogP contribution in [0.3, 0.4) is 0 Å². The number of methoxy groups -OCH3 is 1. The summed E-state index contributed by atoms with van der Waals surface area (Å²) in [7, 11) is 3.57. The van der Waals surface area contributed by atoms with Gasteiger partial charge in [0.15, 0.2) is 5.96 Å². The molecule has 0 unspecified atom stereocenters. The van der Waals surface area contributed by atoms with Gasteiger partial charge in [0, 0.05) is 20.0 Å². The van der Waals surface area contributed by atoms with Gasteiger partial charge >= 0.3 is 0 Å². The molecule has 0 aliphatic heterocycles. The molecule has 0 aliphatic rings. The van der Waals surface area contributed by atoms with Gasteiger partial charge in [0.05, 0.1) is 37.7 Å². The first-order valence-corrected chi connectivity index (χ1v) is 9.88. The normalized spacial score (nSPS) is 11.1. The molecule has 0 saturated heterocycles. The number of nitrogens with one attached hydrogen (secondary N) is 2. The summed E-state index contributed by atoms with van der Waals surface area (Å²) in [4.78, 5) is 4.74. The van der Waals surface area contributed by atoms with Crippen molar-refractivity contribution < 1.29 is 9.15 Å². The molecule has 162 valence electrons. The number of guanidine groups is 1. The fraction of sp³-hybridized carbons (Fsp3) is 0.364. The summed E-state index contributed by atoms with van der Waals surface area (Å²) >= 11 is 0. The highest BCUT2D eigenvalue weighted by molar-refractivity contribution is 14.0. The van der Waals surface area contributed by atoms with E-state index in [0.29, 0.717) is 13.1 Å². The Morgan fingerprint density at radius 1 is 1.17 bits per heavy atom. The van der Waals surface area contributed by atoms with Crippen molar-refractivity contribution in [3.05, 3.63) is 71.3 Å². The molecule has 3 rings (SSSR count). The molecule has 0 bridgehead atoms. The first-order valence-electron chi connectivity index (χ1n) is 9.88. The summed E-state index contributed by atoms with van der Waals surface area (Å²) in [6.07, 6.45) is 3.32. The van der Waals surface area contributed by atoms with Gasteiger partial charge in [0.25, 0.3) is 0 Å². The predicted molar refractivity (Wildman–Crippen MR) is 129 cm³/mol. The van der Waals surface area contributed by atoms with Crippen molar-refractivity contribution in [3.63, 3.8) is 0 Å². The first-order chi connectivity index (χ1) is 14.2. The first kappa shape index (κ1) is 23.8. The van der Waals surface area contributed by atoms with Crippen LogP contribution < -0.4 is 15.4 Å². The number of benzene rings is 1. The van der Waals surface area contributed by atoms with Crippen molar-refractivity contribution in [2.45, 2.75) is 32.9 Å². The number of aliphatic imine (C=N–C) groups is 1. The Bertz CT molecular complexity index is 907. The Morgan fingerprint density at radius 3 is 2.63 bits per heavy atom. The van der Waals surface area contributed by atoms with Crippen molar-refractivity contribution in [1.29, 1.82) is 0 Å². The molecule has 0 spiro atoms. The third-order valence-corrected chi connectivity index (χ3v) is 4.64. The highest BCUT2D eigenvalue weighted by Gasteiger charge is 2.16. The van der Waals surface area contributed by atoms with Gasteiger partial charge in [0.2, 0.25) is 5.88 Å². The molecule has 7 nitrogen and oxygen atoms in total. The Morgan fingerprint density at radius 2 is 1.97 bits per heavy atom. The SMILES string of the molecule is CCc1nn(C)c(OC)c1CNC(=NCc1ccccc1)NCCc1ccco1.I. The topological polar surface area (TPSA) is 76.6 Å². The maximum absolute atomic E-state index is 5.54. The van der Waals surface area contributed by atoms with E-state index in [9.17, 15) is 0 Å². The van der Waals surface area contributed by atoms with Crippen LogP contribution in [-0.2, 0) is 33.0 Å². The molecule has 30 heavy (non-hydrogen) atoms. The van der Waals surface area contributed by atoms with Crippen LogP contribution in [0.25, 0.3) is 0 Å². The zero-order valence-corrected chi connectivity index (χ0v) is 20.1. The van der Waals surface area contributed by atoms with E-state index in [2.05, 4.69) is 34.8 Å². The van der Waals surface area contributed by atoms with E-state index in [1.54, 1.807) is 18.1 Å². The maximum Gasteiger partial charge on any atom is 0.216 e. The predicted octanol–water partition coefficient (Wildman–Crippen LogP) is 3.68. The summed E-state index contributed by atoms with van der Waals surface area (Å²) in [5, 5.41) is 11.4. The van der Waals surface area contributed by atoms with Gasteiger partial charge in [-0.25, -0.2) is 9.67 Å². The summed E-state index contributed by atoms with van der Waals surface area (Å²) in [5.74, 6) is 2.46. The van der Waals surface area contributed by atoms with E-state index in [0.717, 1.165) is 53.8 Å². The van der Waals surface area contributed by atoms with E-state index >= 15 is 0 Å². The Hall–Kier alpha value is -2.49. The Kier molecular flexibility index (Phi) is 9.72. The summed E-state index contributed by atoms with van der Waals surface area (Å²) < 4.78 is 12.7. The molecule has 2 aromatic heterocycles. The van der Waals surface area contributed by atoms with Gasteiger partial charge in [-0.2, -0.15) is 5.10 Å². The van der Waals surface area contributed by atoms with E-state index < -0.39 is 0 Å². The molecule has 3 aromatic rings. The summed E-state index contributed by atoms with van der Waals surface area (Å²) in [5.41, 5.74) is 3.24. The van der Waals surface area contributed by atoms with Gasteiger partial charge in [-0.15, -0.1) is 24.0 Å². The fourth-order valence-corrected chi connectivity index (χ4v) is 3.18. The van der Waals surface area contributed by atoms with Crippen LogP contribution in [0.2, 0.25) is 0 Å². The van der Waals surface area contributed by atoms with Crippen molar-refractivity contribution >= 4 is 29.9 Å². The fourth-order valence-electron chi connectivity index (χ4n) is 3.18. The van der Waals surface area contributed by atoms with Crippen LogP contribution in [-0.4, -0.2) is 29.4 Å². The minimum Gasteiger partial charge on any atom is -0.481 e. The molecule has 1 aromatic carbocycles. The lowest BCUT2D eigenvalue weighted by Gasteiger charge is -2.13. The Labute approximate surface area is 194 Å². The van der Waals surface area contributed by atoms with E-state index in [1.165, 1.54) is 0 Å². The molecule has 2 N–H and O–H groups in total. The van der Waals surface area contributed by atoms with Crippen molar-refractivity contribution in [2.75, 3.05) is 13.7 Å².